The number of nitrogens with zero attached hydrogens (tertiary/aromatic N) is 2. The Labute approximate surface area is 262 Å². The summed E-state index contributed by atoms with van der Waals surface area (Å²) in [5.41, 5.74) is 0.0336. The Bertz CT molecular complexity index is 1080. The third kappa shape index (κ3) is 8.30. The number of nitro groups is 2. The standard InChI is InChI=1S/C31H48N2O12/c1-31(2,19-9-13-21(14-10-19)44-30(38)23-6-4-8-25(33(41)42)27(23)29(36)37)20-11-15-22(16-12-20)45-43-17-18-5-3-7-24(32(39)40)26(18)28(34)35/h18-27H,3-17H2,1-2H3,(H,34,35)(H,36,37). The molecular weight excluding hydrogens is 592 g/mol. The highest BCUT2D eigenvalue weighted by atomic mass is 17.2. The maximum atomic E-state index is 13.0. The van der Waals surface area contributed by atoms with E-state index in [1.54, 1.807) is 0 Å². The van der Waals surface area contributed by atoms with Gasteiger partial charge in [0, 0.05) is 28.6 Å². The zero-order valence-electron chi connectivity index (χ0n) is 26.3. The topological polar surface area (TPSA) is 206 Å². The van der Waals surface area contributed by atoms with E-state index in [0.717, 1.165) is 38.5 Å². The molecule has 4 fully saturated rings. The average Bonchev–Trinajstić information content (AvgIpc) is 3.00. The summed E-state index contributed by atoms with van der Waals surface area (Å²) < 4.78 is 5.76. The Balaban J connectivity index is 1.20. The van der Waals surface area contributed by atoms with E-state index in [1.807, 2.05) is 0 Å². The van der Waals surface area contributed by atoms with Gasteiger partial charge >= 0.3 is 17.9 Å². The normalized spacial score (nSPS) is 36.0. The lowest BCUT2D eigenvalue weighted by atomic mass is 9.60. The molecule has 6 atom stereocenters. The van der Waals surface area contributed by atoms with E-state index in [1.165, 1.54) is 0 Å². The van der Waals surface area contributed by atoms with Crippen LogP contribution in [0.15, 0.2) is 0 Å². The summed E-state index contributed by atoms with van der Waals surface area (Å²) in [6, 6.07) is -2.38. The summed E-state index contributed by atoms with van der Waals surface area (Å²) in [6.45, 7) is 4.59. The number of ether oxygens (including phenoxy) is 1. The summed E-state index contributed by atoms with van der Waals surface area (Å²) >= 11 is 0. The zero-order chi connectivity index (χ0) is 32.9. The number of carboxylic acids is 2. The number of esters is 1. The van der Waals surface area contributed by atoms with Gasteiger partial charge in [-0.15, -0.1) is 0 Å². The van der Waals surface area contributed by atoms with Crippen LogP contribution in [0.4, 0.5) is 0 Å². The fourth-order valence-corrected chi connectivity index (χ4v) is 8.70. The van der Waals surface area contributed by atoms with Crippen LogP contribution < -0.4 is 0 Å². The molecule has 6 unspecified atom stereocenters. The second-order valence-electron chi connectivity index (χ2n) is 14.2. The molecule has 4 aliphatic rings. The van der Waals surface area contributed by atoms with E-state index in [9.17, 15) is 44.8 Å². The lowest BCUT2D eigenvalue weighted by Crippen LogP contribution is -2.46. The third-order valence-corrected chi connectivity index (χ3v) is 11.5. The van der Waals surface area contributed by atoms with Crippen molar-refractivity contribution in [3.8, 4) is 0 Å². The number of aliphatic carboxylic acids is 2. The fourth-order valence-electron chi connectivity index (χ4n) is 8.70. The molecule has 0 aromatic carbocycles. The minimum atomic E-state index is -1.36. The van der Waals surface area contributed by atoms with Crippen molar-refractivity contribution in [2.24, 2.45) is 40.9 Å². The molecule has 4 saturated carbocycles. The molecule has 0 radical (unpaired) electrons. The van der Waals surface area contributed by atoms with Crippen molar-refractivity contribution < 1.29 is 49.0 Å². The first-order valence-corrected chi connectivity index (χ1v) is 16.5. The van der Waals surface area contributed by atoms with Crippen molar-refractivity contribution in [2.75, 3.05) is 6.61 Å². The van der Waals surface area contributed by atoms with Gasteiger partial charge in [-0.25, -0.2) is 9.78 Å². The quantitative estimate of drug-likeness (QED) is 0.126. The Morgan fingerprint density at radius 1 is 0.711 bits per heavy atom. The van der Waals surface area contributed by atoms with Gasteiger partial charge in [-0.2, -0.15) is 0 Å². The highest BCUT2D eigenvalue weighted by Crippen LogP contribution is 2.49. The second-order valence-corrected chi connectivity index (χ2v) is 14.2. The van der Waals surface area contributed by atoms with Gasteiger partial charge in [-0.1, -0.05) is 13.8 Å². The minimum Gasteiger partial charge on any atom is -0.481 e. The first-order chi connectivity index (χ1) is 21.3. The van der Waals surface area contributed by atoms with Gasteiger partial charge < -0.3 is 14.9 Å². The molecular formula is C31H48N2O12. The SMILES string of the molecule is CC(C)(C1CCC(OOCC2CCCC([N+](=O)[O-])C2C(=O)O)CC1)C1CCC(OC(=O)C2CCCC([N+](=O)[O-])C2C(=O)O)CC1. The summed E-state index contributed by atoms with van der Waals surface area (Å²) in [7, 11) is 0. The van der Waals surface area contributed by atoms with Gasteiger partial charge in [0.15, 0.2) is 0 Å². The molecule has 4 rings (SSSR count). The first-order valence-electron chi connectivity index (χ1n) is 16.5. The van der Waals surface area contributed by atoms with Gasteiger partial charge in [0.2, 0.25) is 12.1 Å². The summed E-state index contributed by atoms with van der Waals surface area (Å²) in [6.07, 6.45) is 8.37. The summed E-state index contributed by atoms with van der Waals surface area (Å²) in [5, 5.41) is 42.0. The van der Waals surface area contributed by atoms with Crippen LogP contribution in [0.3, 0.4) is 0 Å². The Morgan fingerprint density at radius 3 is 1.71 bits per heavy atom. The lowest BCUT2D eigenvalue weighted by Gasteiger charge is -2.46. The molecule has 0 aliphatic heterocycles. The van der Waals surface area contributed by atoms with E-state index in [2.05, 4.69) is 13.8 Å². The van der Waals surface area contributed by atoms with Crippen LogP contribution in [0.5, 0.6) is 0 Å². The predicted molar refractivity (Wildman–Crippen MR) is 157 cm³/mol. The molecule has 0 bridgehead atoms. The summed E-state index contributed by atoms with van der Waals surface area (Å²) in [5.74, 6) is -6.15. The Morgan fingerprint density at radius 2 is 1.20 bits per heavy atom. The van der Waals surface area contributed by atoms with Crippen molar-refractivity contribution in [1.82, 2.24) is 0 Å². The fraction of sp³-hybridized carbons (Fsp3) is 0.903. The predicted octanol–water partition coefficient (Wildman–Crippen LogP) is 4.91. The third-order valence-electron chi connectivity index (χ3n) is 11.5. The first kappa shape index (κ1) is 35.0. The van der Waals surface area contributed by atoms with Crippen molar-refractivity contribution in [3.05, 3.63) is 20.2 Å². The molecule has 254 valence electrons. The van der Waals surface area contributed by atoms with Crippen LogP contribution in [0.2, 0.25) is 0 Å². The van der Waals surface area contributed by atoms with Crippen LogP contribution in [0.25, 0.3) is 0 Å². The molecule has 2 N–H and O–H groups in total. The van der Waals surface area contributed by atoms with Crippen molar-refractivity contribution in [3.63, 3.8) is 0 Å². The van der Waals surface area contributed by atoms with Crippen molar-refractivity contribution in [1.29, 1.82) is 0 Å². The van der Waals surface area contributed by atoms with Crippen LogP contribution in [-0.2, 0) is 28.9 Å². The van der Waals surface area contributed by atoms with E-state index in [-0.39, 0.29) is 43.5 Å². The van der Waals surface area contributed by atoms with E-state index in [0.29, 0.717) is 43.9 Å². The van der Waals surface area contributed by atoms with Gasteiger partial charge in [-0.05, 0) is 94.3 Å². The Kier molecular flexibility index (Phi) is 11.8. The number of hydrogen-bond acceptors (Lipinski definition) is 10. The summed E-state index contributed by atoms with van der Waals surface area (Å²) in [4.78, 5) is 69.4. The number of rotatable bonds is 12. The maximum Gasteiger partial charge on any atom is 0.314 e. The lowest BCUT2D eigenvalue weighted by molar-refractivity contribution is -0.536. The monoisotopic (exact) mass is 640 g/mol. The highest BCUT2D eigenvalue weighted by Gasteiger charge is 2.50. The number of carbonyl (C=O) groups is 3. The largest absolute Gasteiger partial charge is 0.481 e. The van der Waals surface area contributed by atoms with E-state index >= 15 is 0 Å². The molecule has 0 aromatic rings. The average molecular weight is 641 g/mol. The number of carbonyl (C=O) groups excluding carboxylic acids is 1. The molecule has 0 aromatic heterocycles. The van der Waals surface area contributed by atoms with Gasteiger partial charge in [0.1, 0.15) is 17.9 Å². The van der Waals surface area contributed by atoms with E-state index in [4.69, 9.17) is 14.5 Å². The molecule has 4 aliphatic carbocycles. The van der Waals surface area contributed by atoms with Crippen LogP contribution in [0.1, 0.15) is 104 Å². The smallest absolute Gasteiger partial charge is 0.314 e. The van der Waals surface area contributed by atoms with Crippen molar-refractivity contribution >= 4 is 17.9 Å². The number of carboxylic acid groups (broad SMARTS) is 2. The molecule has 0 heterocycles. The molecule has 14 nitrogen and oxygen atoms in total. The van der Waals surface area contributed by atoms with Crippen LogP contribution in [-0.4, -0.2) is 68.9 Å². The van der Waals surface area contributed by atoms with Crippen LogP contribution in [0, 0.1) is 61.2 Å². The van der Waals surface area contributed by atoms with Gasteiger partial charge in [-0.3, -0.25) is 34.6 Å². The Hall–Kier alpha value is -2.87. The maximum absolute atomic E-state index is 13.0. The minimum absolute atomic E-state index is 0.0224. The zero-order valence-corrected chi connectivity index (χ0v) is 26.3. The highest BCUT2D eigenvalue weighted by molar-refractivity contribution is 5.82. The van der Waals surface area contributed by atoms with Crippen LogP contribution >= 0.6 is 0 Å². The number of hydrogen-bond donors (Lipinski definition) is 2. The molecule has 45 heavy (non-hydrogen) atoms. The molecule has 0 amide bonds. The van der Waals surface area contributed by atoms with Crippen molar-refractivity contribution in [2.45, 2.75) is 128 Å². The molecule has 0 spiro atoms. The van der Waals surface area contributed by atoms with Gasteiger partial charge in [0.05, 0.1) is 18.6 Å². The molecule has 14 heteroatoms. The molecule has 0 saturated heterocycles. The van der Waals surface area contributed by atoms with E-state index < -0.39 is 63.5 Å². The second kappa shape index (κ2) is 15.1. The van der Waals surface area contributed by atoms with Gasteiger partial charge in [0.25, 0.3) is 0 Å².